The summed E-state index contributed by atoms with van der Waals surface area (Å²) in [5.41, 5.74) is -0.644. The van der Waals surface area contributed by atoms with Gasteiger partial charge in [0.05, 0.1) is 19.3 Å². The number of aliphatic hydroxyl groups is 2. The topological polar surface area (TPSA) is 58.3 Å². The summed E-state index contributed by atoms with van der Waals surface area (Å²) in [6.45, 7) is 5.73. The zero-order chi connectivity index (χ0) is 21.0. The summed E-state index contributed by atoms with van der Waals surface area (Å²) < 4.78 is 44.0. The van der Waals surface area contributed by atoms with Gasteiger partial charge in [-0.3, -0.25) is 4.68 Å². The van der Waals surface area contributed by atoms with E-state index in [9.17, 15) is 18.3 Å². The number of hydrogen-bond donors (Lipinski definition) is 2. The molecule has 0 radical (unpaired) electrons. The van der Waals surface area contributed by atoms with Gasteiger partial charge in [-0.05, 0) is 41.3 Å². The van der Waals surface area contributed by atoms with Crippen LogP contribution in [0.4, 0.5) is 13.2 Å². The van der Waals surface area contributed by atoms with Crippen LogP contribution in [0.5, 0.6) is 0 Å². The number of aromatic nitrogens is 2. The highest BCUT2D eigenvalue weighted by atomic mass is 19.4. The van der Waals surface area contributed by atoms with Crippen molar-refractivity contribution >= 4 is 5.57 Å². The van der Waals surface area contributed by atoms with Gasteiger partial charge in [0.15, 0.2) is 0 Å². The fourth-order valence-corrected chi connectivity index (χ4v) is 3.89. The standard InChI is InChI=1S/C22H19F3N2O2/c1-13(2)14-9-17(15-11-26-27(12-15)7-8-28)20-16-5-3-4-6-18(16)21(29,19(20)10-14)22(23,24)25/h3-6,9-12,28-29H,1,7-8H2,2H3. The molecule has 150 valence electrons. The molecule has 0 saturated heterocycles. The molecule has 2 aromatic carbocycles. The Bertz CT molecular complexity index is 1120. The summed E-state index contributed by atoms with van der Waals surface area (Å²) in [6.07, 6.45) is -1.69. The minimum atomic E-state index is -4.90. The number of alkyl halides is 3. The summed E-state index contributed by atoms with van der Waals surface area (Å²) in [5, 5.41) is 24.3. The maximum absolute atomic E-state index is 14.2. The molecule has 4 rings (SSSR count). The summed E-state index contributed by atoms with van der Waals surface area (Å²) in [4.78, 5) is 0. The van der Waals surface area contributed by atoms with Gasteiger partial charge in [0.1, 0.15) is 0 Å². The van der Waals surface area contributed by atoms with E-state index in [1.165, 1.54) is 22.9 Å². The highest BCUT2D eigenvalue weighted by Gasteiger charge is 2.61. The lowest BCUT2D eigenvalue weighted by Gasteiger charge is -2.29. The Morgan fingerprint density at radius 3 is 2.55 bits per heavy atom. The van der Waals surface area contributed by atoms with Crippen molar-refractivity contribution in [3.63, 3.8) is 0 Å². The molecule has 1 heterocycles. The van der Waals surface area contributed by atoms with E-state index in [-0.39, 0.29) is 24.3 Å². The second-order valence-corrected chi connectivity index (χ2v) is 7.20. The Kier molecular flexibility index (Phi) is 4.40. The molecule has 0 fully saturated rings. The molecule has 4 nitrogen and oxygen atoms in total. The van der Waals surface area contributed by atoms with E-state index < -0.39 is 11.8 Å². The van der Waals surface area contributed by atoms with Gasteiger partial charge in [0, 0.05) is 22.9 Å². The number of hydrogen-bond acceptors (Lipinski definition) is 3. The van der Waals surface area contributed by atoms with E-state index in [0.717, 1.165) is 0 Å². The Morgan fingerprint density at radius 2 is 1.90 bits per heavy atom. The van der Waals surface area contributed by atoms with Gasteiger partial charge >= 0.3 is 6.18 Å². The lowest BCUT2D eigenvalue weighted by atomic mass is 9.87. The summed E-state index contributed by atoms with van der Waals surface area (Å²) in [5.74, 6) is 0. The van der Waals surface area contributed by atoms with Crippen molar-refractivity contribution in [2.45, 2.75) is 25.2 Å². The second-order valence-electron chi connectivity index (χ2n) is 7.20. The molecule has 1 unspecified atom stereocenters. The third kappa shape index (κ3) is 2.81. The van der Waals surface area contributed by atoms with Gasteiger partial charge in [0.25, 0.3) is 0 Å². The third-order valence-electron chi connectivity index (χ3n) is 5.29. The fourth-order valence-electron chi connectivity index (χ4n) is 3.89. The second kappa shape index (κ2) is 6.57. The van der Waals surface area contributed by atoms with Crippen molar-refractivity contribution in [2.24, 2.45) is 0 Å². The highest BCUT2D eigenvalue weighted by Crippen LogP contribution is 2.57. The first-order chi connectivity index (χ1) is 13.7. The van der Waals surface area contributed by atoms with Gasteiger partial charge in [-0.25, -0.2) is 0 Å². The number of halogens is 3. The maximum Gasteiger partial charge on any atom is 0.425 e. The van der Waals surface area contributed by atoms with Gasteiger partial charge in [-0.1, -0.05) is 36.4 Å². The lowest BCUT2D eigenvalue weighted by Crippen LogP contribution is -2.41. The first kappa shape index (κ1) is 19.4. The minimum absolute atomic E-state index is 0.109. The molecule has 0 bridgehead atoms. The number of benzene rings is 2. The van der Waals surface area contributed by atoms with Crippen LogP contribution in [0.25, 0.3) is 27.8 Å². The quantitative estimate of drug-likeness (QED) is 0.685. The van der Waals surface area contributed by atoms with Crippen LogP contribution in [-0.2, 0) is 12.1 Å². The van der Waals surface area contributed by atoms with Crippen LogP contribution >= 0.6 is 0 Å². The van der Waals surface area contributed by atoms with Crippen molar-refractivity contribution < 1.29 is 23.4 Å². The Morgan fingerprint density at radius 1 is 1.17 bits per heavy atom. The molecule has 29 heavy (non-hydrogen) atoms. The van der Waals surface area contributed by atoms with Crippen LogP contribution in [0.15, 0.2) is 55.4 Å². The van der Waals surface area contributed by atoms with E-state index in [2.05, 4.69) is 11.7 Å². The smallest absolute Gasteiger partial charge is 0.394 e. The van der Waals surface area contributed by atoms with Gasteiger partial charge in [-0.15, -0.1) is 0 Å². The number of allylic oxidation sites excluding steroid dienone is 1. The van der Waals surface area contributed by atoms with Crippen LogP contribution in [0.2, 0.25) is 0 Å². The average Bonchev–Trinajstić information content (AvgIpc) is 3.23. The van der Waals surface area contributed by atoms with Crippen molar-refractivity contribution in [1.82, 2.24) is 9.78 Å². The Balaban J connectivity index is 2.08. The third-order valence-corrected chi connectivity index (χ3v) is 5.29. The van der Waals surface area contributed by atoms with Crippen LogP contribution in [0.3, 0.4) is 0 Å². The molecule has 0 aliphatic heterocycles. The average molecular weight is 400 g/mol. The molecule has 1 aliphatic carbocycles. The lowest BCUT2D eigenvalue weighted by molar-refractivity contribution is -0.246. The number of aliphatic hydroxyl groups excluding tert-OH is 1. The van der Waals surface area contributed by atoms with E-state index in [1.54, 1.807) is 37.5 Å². The zero-order valence-corrected chi connectivity index (χ0v) is 15.7. The zero-order valence-electron chi connectivity index (χ0n) is 15.7. The molecule has 1 aliphatic rings. The van der Waals surface area contributed by atoms with Crippen LogP contribution in [-0.4, -0.2) is 32.8 Å². The molecule has 0 saturated carbocycles. The molecule has 3 aromatic rings. The summed E-state index contributed by atoms with van der Waals surface area (Å²) in [6, 6.07) is 9.16. The van der Waals surface area contributed by atoms with Crippen LogP contribution < -0.4 is 0 Å². The largest absolute Gasteiger partial charge is 0.425 e. The first-order valence-electron chi connectivity index (χ1n) is 9.05. The highest BCUT2D eigenvalue weighted by molar-refractivity contribution is 5.94. The normalized spacial score (nSPS) is 17.9. The first-order valence-corrected chi connectivity index (χ1v) is 9.05. The van der Waals surface area contributed by atoms with Crippen molar-refractivity contribution in [1.29, 1.82) is 0 Å². The maximum atomic E-state index is 14.2. The van der Waals surface area contributed by atoms with Crippen molar-refractivity contribution in [2.75, 3.05) is 6.61 Å². The van der Waals surface area contributed by atoms with Gasteiger partial charge in [0.2, 0.25) is 5.60 Å². The molecule has 0 amide bonds. The van der Waals surface area contributed by atoms with E-state index in [0.29, 0.717) is 33.4 Å². The van der Waals surface area contributed by atoms with Crippen LogP contribution in [0, 0.1) is 0 Å². The molecule has 0 spiro atoms. The predicted octanol–water partition coefficient (Wildman–Crippen LogP) is 4.35. The Labute approximate surface area is 165 Å². The monoisotopic (exact) mass is 400 g/mol. The van der Waals surface area contributed by atoms with Gasteiger partial charge < -0.3 is 10.2 Å². The van der Waals surface area contributed by atoms with Crippen molar-refractivity contribution in [3.05, 3.63) is 72.1 Å². The molecule has 1 atom stereocenters. The van der Waals surface area contributed by atoms with Gasteiger partial charge in [-0.2, -0.15) is 18.3 Å². The molecule has 1 aromatic heterocycles. The molecular formula is C22H19F3N2O2. The number of fused-ring (bicyclic) bond motifs is 3. The van der Waals surface area contributed by atoms with E-state index in [4.69, 9.17) is 5.11 Å². The Hall–Kier alpha value is -2.90. The number of nitrogens with zero attached hydrogens (tertiary/aromatic N) is 2. The predicted molar refractivity (Wildman–Crippen MR) is 104 cm³/mol. The minimum Gasteiger partial charge on any atom is -0.394 e. The molecule has 2 N–H and O–H groups in total. The summed E-state index contributed by atoms with van der Waals surface area (Å²) in [7, 11) is 0. The van der Waals surface area contributed by atoms with Crippen LogP contribution in [0.1, 0.15) is 23.6 Å². The SMILES string of the molecule is C=C(C)c1cc(-c2cnn(CCO)c2)c2c(c1)C(O)(C(F)(F)F)c1ccccc1-2. The fraction of sp³-hybridized carbons (Fsp3) is 0.227. The number of rotatable bonds is 4. The molecule has 7 heteroatoms. The van der Waals surface area contributed by atoms with E-state index >= 15 is 0 Å². The van der Waals surface area contributed by atoms with Crippen molar-refractivity contribution in [3.8, 4) is 22.3 Å². The van der Waals surface area contributed by atoms with E-state index in [1.807, 2.05) is 0 Å². The molecular weight excluding hydrogens is 381 g/mol. The summed E-state index contributed by atoms with van der Waals surface area (Å²) >= 11 is 0.